The van der Waals surface area contributed by atoms with Crippen LogP contribution >= 0.6 is 0 Å². The summed E-state index contributed by atoms with van der Waals surface area (Å²) in [5.74, 6) is -1.11. The quantitative estimate of drug-likeness (QED) is 0.752. The largest absolute Gasteiger partial charge is 0.341 e. The van der Waals surface area contributed by atoms with Gasteiger partial charge in [0.15, 0.2) is 0 Å². The molecule has 7 nitrogen and oxygen atoms in total. The van der Waals surface area contributed by atoms with E-state index in [0.717, 1.165) is 4.90 Å². The topological polar surface area (TPSA) is 78.0 Å². The molecule has 0 aliphatic carbocycles. The SMILES string of the molecule is CC(C)C(=O)N1CCCN(C(=O)C(C)N2C(=O)c3ccccc3C2=O)CC1. The van der Waals surface area contributed by atoms with Gasteiger partial charge in [0, 0.05) is 32.1 Å². The van der Waals surface area contributed by atoms with Crippen molar-refractivity contribution in [3.05, 3.63) is 35.4 Å². The second kappa shape index (κ2) is 7.50. The molecule has 0 aromatic heterocycles. The fraction of sp³-hybridized carbons (Fsp3) is 0.500. The fourth-order valence-electron chi connectivity index (χ4n) is 3.66. The van der Waals surface area contributed by atoms with E-state index in [1.165, 1.54) is 0 Å². The summed E-state index contributed by atoms with van der Waals surface area (Å²) in [6.45, 7) is 7.31. The summed E-state index contributed by atoms with van der Waals surface area (Å²) in [6, 6.07) is 5.75. The number of amides is 4. The predicted octanol–water partition coefficient (Wildman–Crippen LogP) is 1.39. The van der Waals surface area contributed by atoms with Crippen molar-refractivity contribution < 1.29 is 19.2 Å². The number of hydrogen-bond donors (Lipinski definition) is 0. The molecule has 1 fully saturated rings. The minimum atomic E-state index is -0.871. The van der Waals surface area contributed by atoms with Crippen LogP contribution in [0.25, 0.3) is 0 Å². The van der Waals surface area contributed by atoms with Gasteiger partial charge in [-0.25, -0.2) is 0 Å². The van der Waals surface area contributed by atoms with Crippen molar-refractivity contribution in [2.45, 2.75) is 33.2 Å². The van der Waals surface area contributed by atoms with Crippen molar-refractivity contribution in [3.8, 4) is 0 Å². The number of imide groups is 1. The van der Waals surface area contributed by atoms with Gasteiger partial charge in [-0.15, -0.1) is 0 Å². The summed E-state index contributed by atoms with van der Waals surface area (Å²) in [7, 11) is 0. The first-order chi connectivity index (χ1) is 12.8. The molecule has 0 N–H and O–H groups in total. The van der Waals surface area contributed by atoms with Crippen LogP contribution in [0, 0.1) is 5.92 Å². The number of rotatable bonds is 3. The van der Waals surface area contributed by atoms with Crippen molar-refractivity contribution in [2.24, 2.45) is 5.92 Å². The van der Waals surface area contributed by atoms with E-state index in [9.17, 15) is 19.2 Å². The first-order valence-electron chi connectivity index (χ1n) is 9.37. The third-order valence-corrected chi connectivity index (χ3v) is 5.18. The minimum Gasteiger partial charge on any atom is -0.341 e. The van der Waals surface area contributed by atoms with Gasteiger partial charge in [-0.1, -0.05) is 26.0 Å². The molecule has 0 spiro atoms. The Balaban J connectivity index is 1.70. The van der Waals surface area contributed by atoms with Gasteiger partial charge >= 0.3 is 0 Å². The Morgan fingerprint density at radius 3 is 1.78 bits per heavy atom. The van der Waals surface area contributed by atoms with Crippen LogP contribution in [-0.2, 0) is 9.59 Å². The highest BCUT2D eigenvalue weighted by atomic mass is 16.2. The first kappa shape index (κ1) is 19.1. The molecule has 1 aromatic carbocycles. The zero-order valence-corrected chi connectivity index (χ0v) is 16.0. The van der Waals surface area contributed by atoms with Gasteiger partial charge in [0.25, 0.3) is 11.8 Å². The van der Waals surface area contributed by atoms with E-state index < -0.39 is 17.9 Å². The Kier molecular flexibility index (Phi) is 5.30. The summed E-state index contributed by atoms with van der Waals surface area (Å²) in [4.78, 5) is 54.9. The Morgan fingerprint density at radius 2 is 1.30 bits per heavy atom. The van der Waals surface area contributed by atoms with Gasteiger partial charge in [0.2, 0.25) is 11.8 Å². The molecule has 27 heavy (non-hydrogen) atoms. The lowest BCUT2D eigenvalue weighted by molar-refractivity contribution is -0.136. The van der Waals surface area contributed by atoms with E-state index in [4.69, 9.17) is 0 Å². The van der Waals surface area contributed by atoms with Crippen LogP contribution < -0.4 is 0 Å². The predicted molar refractivity (Wildman–Crippen MR) is 99.0 cm³/mol. The van der Waals surface area contributed by atoms with Crippen LogP contribution in [0.4, 0.5) is 0 Å². The average molecular weight is 371 g/mol. The van der Waals surface area contributed by atoms with Crippen molar-refractivity contribution in [3.63, 3.8) is 0 Å². The summed E-state index contributed by atoms with van der Waals surface area (Å²) in [5, 5.41) is 0. The normalized spacial score (nSPS) is 18.6. The van der Waals surface area contributed by atoms with Crippen LogP contribution in [-0.4, -0.2) is 70.5 Å². The first-order valence-corrected chi connectivity index (χ1v) is 9.37. The molecule has 1 atom stereocenters. The Bertz CT molecular complexity index is 754. The zero-order valence-electron chi connectivity index (χ0n) is 16.0. The van der Waals surface area contributed by atoms with E-state index in [1.54, 1.807) is 41.0 Å². The molecule has 0 bridgehead atoms. The van der Waals surface area contributed by atoms with Gasteiger partial charge in [-0.05, 0) is 25.5 Å². The van der Waals surface area contributed by atoms with E-state index in [0.29, 0.717) is 43.7 Å². The molecular formula is C20H25N3O4. The molecule has 3 rings (SSSR count). The molecule has 2 aliphatic heterocycles. The van der Waals surface area contributed by atoms with E-state index in [2.05, 4.69) is 0 Å². The molecule has 144 valence electrons. The highest BCUT2D eigenvalue weighted by Crippen LogP contribution is 2.25. The van der Waals surface area contributed by atoms with Crippen molar-refractivity contribution >= 4 is 23.6 Å². The number of nitrogens with zero attached hydrogens (tertiary/aromatic N) is 3. The maximum Gasteiger partial charge on any atom is 0.262 e. The fourth-order valence-corrected chi connectivity index (χ4v) is 3.66. The molecule has 2 heterocycles. The number of hydrogen-bond acceptors (Lipinski definition) is 4. The summed E-state index contributed by atoms with van der Waals surface area (Å²) in [6.07, 6.45) is 0.680. The molecule has 0 saturated carbocycles. The Labute approximate surface area is 158 Å². The molecule has 4 amide bonds. The maximum absolute atomic E-state index is 13.0. The molecule has 1 unspecified atom stereocenters. The van der Waals surface area contributed by atoms with Crippen molar-refractivity contribution in [1.82, 2.24) is 14.7 Å². The van der Waals surface area contributed by atoms with Crippen LogP contribution in [0.1, 0.15) is 47.9 Å². The lowest BCUT2D eigenvalue weighted by Crippen LogP contribution is -2.50. The maximum atomic E-state index is 13.0. The van der Waals surface area contributed by atoms with E-state index in [1.807, 2.05) is 13.8 Å². The van der Waals surface area contributed by atoms with Crippen molar-refractivity contribution in [1.29, 1.82) is 0 Å². The molecule has 1 aromatic rings. The second-order valence-corrected chi connectivity index (χ2v) is 7.36. The smallest absolute Gasteiger partial charge is 0.262 e. The summed E-state index contributed by atoms with van der Waals surface area (Å²) in [5.41, 5.74) is 0.679. The standard InChI is InChI=1S/C20H25N3O4/c1-13(2)17(24)21-9-6-10-22(12-11-21)18(25)14(3)23-19(26)15-7-4-5-8-16(15)20(23)27/h4-5,7-8,13-14H,6,9-12H2,1-3H3. The molecule has 2 aliphatic rings. The van der Waals surface area contributed by atoms with Gasteiger partial charge in [0.1, 0.15) is 6.04 Å². The van der Waals surface area contributed by atoms with Crippen molar-refractivity contribution in [2.75, 3.05) is 26.2 Å². The van der Waals surface area contributed by atoms with Crippen LogP contribution in [0.5, 0.6) is 0 Å². The minimum absolute atomic E-state index is 0.0791. The van der Waals surface area contributed by atoms with Crippen LogP contribution in [0.2, 0.25) is 0 Å². The van der Waals surface area contributed by atoms with Crippen LogP contribution in [0.15, 0.2) is 24.3 Å². The van der Waals surface area contributed by atoms with Gasteiger partial charge in [-0.2, -0.15) is 0 Å². The molecule has 7 heteroatoms. The number of carbonyl (C=O) groups is 4. The average Bonchev–Trinajstić information content (AvgIpc) is 2.83. The third-order valence-electron chi connectivity index (χ3n) is 5.18. The van der Waals surface area contributed by atoms with E-state index >= 15 is 0 Å². The lowest BCUT2D eigenvalue weighted by atomic mass is 10.1. The molecule has 0 radical (unpaired) electrons. The molecular weight excluding hydrogens is 346 g/mol. The number of benzene rings is 1. The highest BCUT2D eigenvalue weighted by Gasteiger charge is 2.41. The summed E-state index contributed by atoms with van der Waals surface area (Å²) >= 11 is 0. The second-order valence-electron chi connectivity index (χ2n) is 7.36. The molecule has 1 saturated heterocycles. The highest BCUT2D eigenvalue weighted by molar-refractivity contribution is 6.22. The van der Waals surface area contributed by atoms with Gasteiger partial charge < -0.3 is 9.80 Å². The zero-order chi connectivity index (χ0) is 19.7. The lowest BCUT2D eigenvalue weighted by Gasteiger charge is -2.28. The Hall–Kier alpha value is -2.70. The monoisotopic (exact) mass is 371 g/mol. The van der Waals surface area contributed by atoms with E-state index in [-0.39, 0.29) is 17.7 Å². The number of carbonyl (C=O) groups excluding carboxylic acids is 4. The van der Waals surface area contributed by atoms with Gasteiger partial charge in [-0.3, -0.25) is 24.1 Å². The summed E-state index contributed by atoms with van der Waals surface area (Å²) < 4.78 is 0. The van der Waals surface area contributed by atoms with Crippen LogP contribution in [0.3, 0.4) is 0 Å². The van der Waals surface area contributed by atoms with Gasteiger partial charge in [0.05, 0.1) is 11.1 Å². The Morgan fingerprint density at radius 1 is 0.815 bits per heavy atom. The number of fused-ring (bicyclic) bond motifs is 1. The third kappa shape index (κ3) is 3.46.